The third-order valence-electron chi connectivity index (χ3n) is 4.35. The molecular formula is C19H27NO13. The number of hydrogen-bond acceptors (Lipinski definition) is 12. The van der Waals surface area contributed by atoms with Crippen LogP contribution in [0.15, 0.2) is 0 Å². The minimum Gasteiger partial charge on any atom is -0.477 e. The van der Waals surface area contributed by atoms with Crippen LogP contribution in [0.1, 0.15) is 41.0 Å². The number of carboxylic acid groups (broad SMARTS) is 1. The highest BCUT2D eigenvalue weighted by molar-refractivity contribution is 5.76. The van der Waals surface area contributed by atoms with Gasteiger partial charge in [0.05, 0.1) is 12.5 Å². The summed E-state index contributed by atoms with van der Waals surface area (Å²) >= 11 is 0. The predicted molar refractivity (Wildman–Crippen MR) is 103 cm³/mol. The highest BCUT2D eigenvalue weighted by Crippen LogP contribution is 2.34. The first-order valence-electron chi connectivity index (χ1n) is 9.72. The average molecular weight is 477 g/mol. The quantitative estimate of drug-likeness (QED) is 0.254. The van der Waals surface area contributed by atoms with Crippen molar-refractivity contribution in [3.05, 3.63) is 0 Å². The number of nitrogens with one attached hydrogen (secondary N) is 1. The number of hydrogen-bond donors (Lipinski definition) is 3. The van der Waals surface area contributed by atoms with E-state index < -0.39 is 85.0 Å². The predicted octanol–water partition coefficient (Wildman–Crippen LogP) is -1.59. The molecule has 0 aromatic carbocycles. The second-order valence-electron chi connectivity index (χ2n) is 7.27. The van der Waals surface area contributed by atoms with Crippen LogP contribution in [0.3, 0.4) is 0 Å². The highest BCUT2D eigenvalue weighted by Gasteiger charge is 2.57. The van der Waals surface area contributed by atoms with Crippen molar-refractivity contribution in [2.75, 3.05) is 6.61 Å². The van der Waals surface area contributed by atoms with E-state index in [2.05, 4.69) is 5.32 Å². The molecule has 1 aliphatic heterocycles. The number of aliphatic carboxylic acids is 1. The molecule has 14 heteroatoms. The van der Waals surface area contributed by atoms with Crippen LogP contribution in [0, 0.1) is 0 Å². The largest absolute Gasteiger partial charge is 0.477 e. The number of esters is 4. The number of ether oxygens (including phenoxy) is 5. The van der Waals surface area contributed by atoms with Gasteiger partial charge in [0.2, 0.25) is 5.91 Å². The molecule has 0 aromatic heterocycles. The summed E-state index contributed by atoms with van der Waals surface area (Å²) in [6, 6.07) is -1.37. The molecule has 0 aliphatic carbocycles. The van der Waals surface area contributed by atoms with Crippen molar-refractivity contribution < 1.29 is 62.7 Å². The van der Waals surface area contributed by atoms with Gasteiger partial charge in [-0.3, -0.25) is 24.0 Å². The normalized spacial score (nSPS) is 26.2. The number of carboxylic acids is 1. The molecule has 14 nitrogen and oxygen atoms in total. The van der Waals surface area contributed by atoms with Gasteiger partial charge in [0, 0.05) is 34.6 Å². The summed E-state index contributed by atoms with van der Waals surface area (Å²) in [6.45, 7) is 4.51. The summed E-state index contributed by atoms with van der Waals surface area (Å²) in [7, 11) is 0. The Bertz CT molecular complexity index is 797. The van der Waals surface area contributed by atoms with Crippen LogP contribution in [0.5, 0.6) is 0 Å². The van der Waals surface area contributed by atoms with E-state index in [0.717, 1.165) is 34.6 Å². The molecule has 1 aliphatic rings. The first-order valence-corrected chi connectivity index (χ1v) is 9.72. The van der Waals surface area contributed by atoms with Crippen molar-refractivity contribution in [3.8, 4) is 0 Å². The van der Waals surface area contributed by atoms with Gasteiger partial charge in [0.15, 0.2) is 12.2 Å². The van der Waals surface area contributed by atoms with E-state index in [4.69, 9.17) is 23.7 Å². The molecule has 0 radical (unpaired) electrons. The minimum atomic E-state index is -2.94. The van der Waals surface area contributed by atoms with Crippen LogP contribution in [0.4, 0.5) is 0 Å². The van der Waals surface area contributed by atoms with Crippen LogP contribution >= 0.6 is 0 Å². The Labute approximate surface area is 188 Å². The number of amides is 1. The molecule has 1 unspecified atom stereocenters. The molecule has 1 rings (SSSR count). The zero-order valence-corrected chi connectivity index (χ0v) is 18.7. The summed E-state index contributed by atoms with van der Waals surface area (Å²) in [5.41, 5.74) is 0. The molecule has 0 bridgehead atoms. The molecular weight excluding hydrogens is 450 g/mol. The monoisotopic (exact) mass is 477 g/mol. The third-order valence-corrected chi connectivity index (χ3v) is 4.35. The fourth-order valence-corrected chi connectivity index (χ4v) is 3.26. The molecule has 6 atom stereocenters. The average Bonchev–Trinajstić information content (AvgIpc) is 2.64. The molecule has 0 saturated carbocycles. The Balaban J connectivity index is 3.60. The number of rotatable bonds is 9. The highest BCUT2D eigenvalue weighted by atomic mass is 16.7. The van der Waals surface area contributed by atoms with Crippen molar-refractivity contribution in [3.63, 3.8) is 0 Å². The summed E-state index contributed by atoms with van der Waals surface area (Å²) in [4.78, 5) is 70.0. The Morgan fingerprint density at radius 2 is 1.55 bits per heavy atom. The molecule has 33 heavy (non-hydrogen) atoms. The van der Waals surface area contributed by atoms with Gasteiger partial charge in [0.1, 0.15) is 18.8 Å². The first kappa shape index (κ1) is 27.8. The summed E-state index contributed by atoms with van der Waals surface area (Å²) in [5.74, 6) is -8.96. The summed E-state index contributed by atoms with van der Waals surface area (Å²) < 4.78 is 25.6. The zero-order valence-electron chi connectivity index (χ0n) is 18.7. The maximum atomic E-state index is 11.8. The van der Waals surface area contributed by atoms with Crippen LogP contribution < -0.4 is 5.32 Å². The topological polar surface area (TPSA) is 201 Å². The van der Waals surface area contributed by atoms with E-state index in [1.807, 2.05) is 0 Å². The van der Waals surface area contributed by atoms with E-state index in [0.29, 0.717) is 0 Å². The van der Waals surface area contributed by atoms with Gasteiger partial charge in [-0.25, -0.2) is 4.79 Å². The van der Waals surface area contributed by atoms with Crippen LogP contribution in [-0.4, -0.2) is 88.8 Å². The summed E-state index contributed by atoms with van der Waals surface area (Å²) in [5, 5.41) is 22.5. The molecule has 1 amide bonds. The van der Waals surface area contributed by atoms with E-state index in [-0.39, 0.29) is 0 Å². The Hall–Kier alpha value is -3.26. The lowest BCUT2D eigenvalue weighted by molar-refractivity contribution is -0.298. The molecule has 186 valence electrons. The van der Waals surface area contributed by atoms with E-state index >= 15 is 0 Å². The first-order chi connectivity index (χ1) is 15.2. The third kappa shape index (κ3) is 8.31. The molecule has 1 saturated heterocycles. The zero-order chi connectivity index (χ0) is 25.5. The van der Waals surface area contributed by atoms with Gasteiger partial charge in [-0.05, 0) is 0 Å². The minimum absolute atomic E-state index is 0.650. The molecule has 3 N–H and O–H groups in total. The van der Waals surface area contributed by atoms with E-state index in [1.54, 1.807) is 0 Å². The van der Waals surface area contributed by atoms with Crippen molar-refractivity contribution in [2.45, 2.75) is 77.3 Å². The van der Waals surface area contributed by atoms with Gasteiger partial charge in [-0.2, -0.15) is 0 Å². The van der Waals surface area contributed by atoms with Crippen molar-refractivity contribution in [2.24, 2.45) is 0 Å². The smallest absolute Gasteiger partial charge is 0.364 e. The van der Waals surface area contributed by atoms with Crippen LogP contribution in [0.2, 0.25) is 0 Å². The Kier molecular flexibility index (Phi) is 9.73. The fraction of sp³-hybridized carbons (Fsp3) is 0.684. The lowest BCUT2D eigenvalue weighted by Gasteiger charge is -2.46. The van der Waals surface area contributed by atoms with Crippen molar-refractivity contribution in [1.29, 1.82) is 0 Å². The maximum Gasteiger partial charge on any atom is 0.364 e. The van der Waals surface area contributed by atoms with Gasteiger partial charge in [-0.1, -0.05) is 0 Å². The number of carbonyl (C=O) groups excluding carboxylic acids is 5. The van der Waals surface area contributed by atoms with Gasteiger partial charge < -0.3 is 39.2 Å². The standard InChI is InChI=1S/C19H27NO13/c1-8(21)20-15-13(30-10(3)23)6-19(28,18(26)27)33-17(15)16(32-12(5)25)14(31-11(4)24)7-29-9(2)22/h13-17,28H,6-7H2,1-5H3,(H,20,21)(H,26,27)/t13-,14-,15-,16-,17?,19+/m1/s1. The molecule has 0 aromatic rings. The second kappa shape index (κ2) is 11.6. The maximum absolute atomic E-state index is 11.8. The van der Waals surface area contributed by atoms with E-state index in [9.17, 15) is 39.0 Å². The van der Waals surface area contributed by atoms with Crippen LogP contribution in [0.25, 0.3) is 0 Å². The van der Waals surface area contributed by atoms with Crippen molar-refractivity contribution >= 4 is 35.8 Å². The van der Waals surface area contributed by atoms with Gasteiger partial charge in [0.25, 0.3) is 5.79 Å². The lowest BCUT2D eigenvalue weighted by atomic mass is 9.88. The SMILES string of the molecule is CC(=O)N[C@H]1C([C@H](OC(C)=O)[C@@H](COC(C)=O)OC(C)=O)O[C@](O)(C(=O)O)C[C@H]1OC(C)=O. The van der Waals surface area contributed by atoms with Gasteiger partial charge in [-0.15, -0.1) is 0 Å². The molecule has 0 spiro atoms. The molecule has 1 fully saturated rings. The summed E-state index contributed by atoms with van der Waals surface area (Å²) in [6.07, 6.45) is -7.26. The Morgan fingerprint density at radius 1 is 0.970 bits per heavy atom. The second-order valence-corrected chi connectivity index (χ2v) is 7.27. The molecule has 1 heterocycles. The lowest BCUT2D eigenvalue weighted by Crippen LogP contribution is -2.68. The van der Waals surface area contributed by atoms with Crippen molar-refractivity contribution in [1.82, 2.24) is 5.32 Å². The fourth-order valence-electron chi connectivity index (χ4n) is 3.26. The Morgan fingerprint density at radius 3 is 1.97 bits per heavy atom. The van der Waals surface area contributed by atoms with E-state index in [1.165, 1.54) is 0 Å². The number of carbonyl (C=O) groups is 6. The van der Waals surface area contributed by atoms with Crippen LogP contribution in [-0.2, 0) is 52.5 Å². The van der Waals surface area contributed by atoms with Gasteiger partial charge >= 0.3 is 29.8 Å². The number of aliphatic hydroxyl groups is 1.